The van der Waals surface area contributed by atoms with E-state index in [1.54, 1.807) is 7.05 Å². The van der Waals surface area contributed by atoms with Gasteiger partial charge in [0, 0.05) is 7.05 Å². The summed E-state index contributed by atoms with van der Waals surface area (Å²) in [6, 6.07) is 5.84. The molecule has 1 heterocycles. The lowest BCUT2D eigenvalue weighted by Gasteiger charge is -1.95. The SMILES string of the molecule is CC.CC.CCc1ccc2c(c1)oc(=O)n2C. The second-order valence-corrected chi connectivity index (χ2v) is 3.08. The minimum atomic E-state index is -0.303. The predicted molar refractivity (Wildman–Crippen MR) is 73.5 cm³/mol. The van der Waals surface area contributed by atoms with Gasteiger partial charge in [0.05, 0.1) is 5.52 Å². The van der Waals surface area contributed by atoms with E-state index in [1.165, 1.54) is 10.1 Å². The van der Waals surface area contributed by atoms with Crippen molar-refractivity contribution in [2.75, 3.05) is 0 Å². The highest BCUT2D eigenvalue weighted by atomic mass is 16.4. The zero-order chi connectivity index (χ0) is 13.4. The molecule has 17 heavy (non-hydrogen) atoms. The quantitative estimate of drug-likeness (QED) is 0.757. The van der Waals surface area contributed by atoms with Gasteiger partial charge in [-0.15, -0.1) is 0 Å². The van der Waals surface area contributed by atoms with Crippen molar-refractivity contribution in [3.8, 4) is 0 Å². The Hall–Kier alpha value is -1.51. The normalized spacial score (nSPS) is 9.06. The zero-order valence-corrected chi connectivity index (χ0v) is 11.7. The Labute approximate surface area is 103 Å². The second kappa shape index (κ2) is 7.71. The van der Waals surface area contributed by atoms with Crippen molar-refractivity contribution in [1.29, 1.82) is 0 Å². The molecule has 0 aliphatic heterocycles. The van der Waals surface area contributed by atoms with Crippen LogP contribution >= 0.6 is 0 Å². The molecule has 0 atom stereocenters. The molecule has 2 aromatic rings. The van der Waals surface area contributed by atoms with Crippen molar-refractivity contribution < 1.29 is 4.42 Å². The molecule has 0 radical (unpaired) electrons. The molecule has 0 aliphatic carbocycles. The Bertz CT molecular complexity index is 494. The summed E-state index contributed by atoms with van der Waals surface area (Å²) in [5, 5.41) is 0. The van der Waals surface area contributed by atoms with Crippen LogP contribution in [0.3, 0.4) is 0 Å². The van der Waals surface area contributed by atoms with E-state index in [2.05, 4.69) is 6.92 Å². The van der Waals surface area contributed by atoms with Gasteiger partial charge >= 0.3 is 5.76 Å². The topological polar surface area (TPSA) is 35.1 Å². The van der Waals surface area contributed by atoms with Gasteiger partial charge in [-0.05, 0) is 24.1 Å². The van der Waals surface area contributed by atoms with Crippen molar-refractivity contribution >= 4 is 11.1 Å². The molecule has 0 amide bonds. The average Bonchev–Trinajstić information content (AvgIpc) is 2.69. The Kier molecular flexibility index (Phi) is 7.03. The van der Waals surface area contributed by atoms with E-state index in [0.717, 1.165) is 11.9 Å². The first-order chi connectivity index (χ1) is 8.22. The lowest BCUT2D eigenvalue weighted by atomic mass is 10.1. The maximum absolute atomic E-state index is 11.1. The van der Waals surface area contributed by atoms with E-state index in [-0.39, 0.29) is 5.76 Å². The van der Waals surface area contributed by atoms with E-state index in [0.29, 0.717) is 5.58 Å². The average molecular weight is 237 g/mol. The third-order valence-electron chi connectivity index (χ3n) is 2.26. The highest BCUT2D eigenvalue weighted by Gasteiger charge is 2.04. The van der Waals surface area contributed by atoms with Crippen molar-refractivity contribution in [2.45, 2.75) is 41.0 Å². The summed E-state index contributed by atoms with van der Waals surface area (Å²) in [6.45, 7) is 10.1. The van der Waals surface area contributed by atoms with Crippen LogP contribution in [0.2, 0.25) is 0 Å². The summed E-state index contributed by atoms with van der Waals surface area (Å²) in [4.78, 5) is 11.1. The molecule has 0 N–H and O–H groups in total. The highest BCUT2D eigenvalue weighted by Crippen LogP contribution is 2.14. The molecule has 0 unspecified atom stereocenters. The number of rotatable bonds is 1. The molecule has 1 aromatic carbocycles. The summed E-state index contributed by atoms with van der Waals surface area (Å²) < 4.78 is 6.56. The summed E-state index contributed by atoms with van der Waals surface area (Å²) in [5.74, 6) is -0.303. The van der Waals surface area contributed by atoms with Crippen LogP contribution in [-0.4, -0.2) is 4.57 Å². The van der Waals surface area contributed by atoms with Crippen LogP contribution in [0.4, 0.5) is 0 Å². The minimum Gasteiger partial charge on any atom is -0.408 e. The molecule has 0 saturated carbocycles. The lowest BCUT2D eigenvalue weighted by molar-refractivity contribution is 0.528. The number of hydrogen-bond donors (Lipinski definition) is 0. The minimum absolute atomic E-state index is 0.303. The number of benzene rings is 1. The van der Waals surface area contributed by atoms with Crippen molar-refractivity contribution in [1.82, 2.24) is 4.57 Å². The monoisotopic (exact) mass is 237 g/mol. The molecule has 0 spiro atoms. The number of nitrogens with zero attached hydrogens (tertiary/aromatic N) is 1. The van der Waals surface area contributed by atoms with Gasteiger partial charge in [0.1, 0.15) is 0 Å². The van der Waals surface area contributed by atoms with E-state index in [9.17, 15) is 4.79 Å². The molecule has 3 nitrogen and oxygen atoms in total. The molecule has 0 fully saturated rings. The van der Waals surface area contributed by atoms with Crippen molar-refractivity contribution in [2.24, 2.45) is 7.05 Å². The van der Waals surface area contributed by atoms with Crippen LogP contribution in [0.5, 0.6) is 0 Å². The summed E-state index contributed by atoms with van der Waals surface area (Å²) >= 11 is 0. The van der Waals surface area contributed by atoms with Crippen LogP contribution in [-0.2, 0) is 13.5 Å². The van der Waals surface area contributed by atoms with Crippen LogP contribution in [0.15, 0.2) is 27.4 Å². The van der Waals surface area contributed by atoms with E-state index < -0.39 is 0 Å². The Morgan fingerprint density at radius 3 is 2.29 bits per heavy atom. The predicted octanol–water partition coefficient (Wildman–Crippen LogP) is 3.75. The standard InChI is InChI=1S/C10H11NO2.2C2H6/c1-3-7-4-5-8-9(6-7)13-10(12)11(8)2;2*1-2/h4-6H,3H2,1-2H3;2*1-2H3. The number of hydrogen-bond acceptors (Lipinski definition) is 2. The van der Waals surface area contributed by atoms with E-state index in [1.807, 2.05) is 45.9 Å². The fraction of sp³-hybridized carbons (Fsp3) is 0.500. The molecule has 2 rings (SSSR count). The maximum Gasteiger partial charge on any atom is 0.419 e. The van der Waals surface area contributed by atoms with Crippen LogP contribution in [0.1, 0.15) is 40.2 Å². The molecule has 3 heteroatoms. The van der Waals surface area contributed by atoms with Crippen molar-refractivity contribution in [3.05, 3.63) is 34.3 Å². The maximum atomic E-state index is 11.1. The molecule has 0 aliphatic rings. The number of oxazole rings is 1. The molecule has 1 aromatic heterocycles. The smallest absolute Gasteiger partial charge is 0.408 e. The summed E-state index contributed by atoms with van der Waals surface area (Å²) in [7, 11) is 1.71. The van der Waals surface area contributed by atoms with Crippen LogP contribution < -0.4 is 5.76 Å². The van der Waals surface area contributed by atoms with Gasteiger partial charge in [-0.25, -0.2) is 4.79 Å². The van der Waals surface area contributed by atoms with Gasteiger partial charge in [-0.1, -0.05) is 40.7 Å². The first-order valence-electron chi connectivity index (χ1n) is 6.31. The summed E-state index contributed by atoms with van der Waals surface area (Å²) in [5.41, 5.74) is 2.70. The highest BCUT2D eigenvalue weighted by molar-refractivity contribution is 5.73. The second-order valence-electron chi connectivity index (χ2n) is 3.08. The number of aromatic nitrogens is 1. The zero-order valence-electron chi connectivity index (χ0n) is 11.7. The Morgan fingerprint density at radius 2 is 1.76 bits per heavy atom. The van der Waals surface area contributed by atoms with Crippen molar-refractivity contribution in [3.63, 3.8) is 0 Å². The fourth-order valence-corrected chi connectivity index (χ4v) is 1.40. The lowest BCUT2D eigenvalue weighted by Crippen LogP contribution is -2.08. The third kappa shape index (κ3) is 3.48. The van der Waals surface area contributed by atoms with E-state index in [4.69, 9.17) is 4.42 Å². The molecular weight excluding hydrogens is 214 g/mol. The fourth-order valence-electron chi connectivity index (χ4n) is 1.40. The van der Waals surface area contributed by atoms with Crippen LogP contribution in [0, 0.1) is 0 Å². The van der Waals surface area contributed by atoms with Gasteiger partial charge in [-0.2, -0.15) is 0 Å². The molecule has 0 bridgehead atoms. The Balaban J connectivity index is 0.000000581. The number of fused-ring (bicyclic) bond motifs is 1. The largest absolute Gasteiger partial charge is 0.419 e. The van der Waals surface area contributed by atoms with Gasteiger partial charge in [0.15, 0.2) is 5.58 Å². The summed E-state index contributed by atoms with van der Waals surface area (Å²) in [6.07, 6.45) is 0.953. The number of aryl methyl sites for hydroxylation is 2. The van der Waals surface area contributed by atoms with Gasteiger partial charge in [0.25, 0.3) is 0 Å². The third-order valence-corrected chi connectivity index (χ3v) is 2.26. The first-order valence-corrected chi connectivity index (χ1v) is 6.31. The van der Waals surface area contributed by atoms with Gasteiger partial charge in [0.2, 0.25) is 0 Å². The van der Waals surface area contributed by atoms with E-state index >= 15 is 0 Å². The molecule has 0 saturated heterocycles. The Morgan fingerprint density at radius 1 is 1.18 bits per heavy atom. The molecular formula is C14H23NO2. The van der Waals surface area contributed by atoms with Gasteiger partial charge in [-0.3, -0.25) is 4.57 Å². The first kappa shape index (κ1) is 15.5. The van der Waals surface area contributed by atoms with Gasteiger partial charge < -0.3 is 4.42 Å². The van der Waals surface area contributed by atoms with Crippen LogP contribution in [0.25, 0.3) is 11.1 Å². The molecule has 96 valence electrons.